The number of hydroxylamine groups is 4. The van der Waals surface area contributed by atoms with Gasteiger partial charge >= 0.3 is 32.6 Å². The molecule has 2 aliphatic rings. The van der Waals surface area contributed by atoms with Gasteiger partial charge in [0.2, 0.25) is 5.41 Å². The van der Waals surface area contributed by atoms with Gasteiger partial charge in [-0.3, -0.25) is 19.2 Å². The highest BCUT2D eigenvalue weighted by atomic mass is 35.5. The molecular weight excluding hydrogens is 951 g/mol. The summed E-state index contributed by atoms with van der Waals surface area (Å²) in [6.45, 7) is 0. The van der Waals surface area contributed by atoms with Crippen molar-refractivity contribution in [2.45, 2.75) is 27.6 Å². The second kappa shape index (κ2) is 14.2. The average Bonchev–Trinajstić information content (AvgIpc) is 3.45. The lowest BCUT2D eigenvalue weighted by Crippen LogP contribution is -2.55. The van der Waals surface area contributed by atoms with Crippen LogP contribution in [0.2, 0.25) is 30.1 Å². The van der Waals surface area contributed by atoms with Crippen molar-refractivity contribution in [3.8, 4) is 0 Å². The lowest BCUT2D eigenvalue weighted by atomic mass is 9.71. The Morgan fingerprint density at radius 1 is 0.439 bits per heavy atom. The molecule has 12 nitrogen and oxygen atoms in total. The molecule has 0 atom stereocenters. The van der Waals surface area contributed by atoms with Crippen molar-refractivity contribution in [2.75, 3.05) is 0 Å². The van der Waals surface area contributed by atoms with Gasteiger partial charge in [0.1, 0.15) is 9.79 Å². The highest BCUT2D eigenvalue weighted by molar-refractivity contribution is 7.87. The van der Waals surface area contributed by atoms with Gasteiger partial charge in [-0.25, -0.2) is 0 Å². The summed E-state index contributed by atoms with van der Waals surface area (Å²) < 4.78 is 152. The van der Waals surface area contributed by atoms with Crippen LogP contribution in [-0.2, 0) is 34.2 Å². The fourth-order valence-corrected chi connectivity index (χ4v) is 9.42. The van der Waals surface area contributed by atoms with Crippen LogP contribution in [0.15, 0.2) is 70.5 Å². The maximum Gasteiger partial charge on any atom is 0.411 e. The molecule has 0 radical (unpaired) electrons. The van der Waals surface area contributed by atoms with Crippen molar-refractivity contribution in [3.63, 3.8) is 0 Å². The van der Waals surface area contributed by atoms with E-state index in [1.165, 1.54) is 0 Å². The molecule has 0 fully saturated rings. The second-order valence-electron chi connectivity index (χ2n) is 11.5. The molecule has 26 heteroatoms. The first-order valence-corrected chi connectivity index (χ1v) is 19.6. The molecule has 4 aromatic carbocycles. The lowest BCUT2D eigenvalue weighted by Gasteiger charge is -2.38. The summed E-state index contributed by atoms with van der Waals surface area (Å²) in [5.74, 6) is -6.93. The summed E-state index contributed by atoms with van der Waals surface area (Å²) >= 11 is 35.0. The van der Waals surface area contributed by atoms with Gasteiger partial charge in [-0.1, -0.05) is 81.7 Å². The zero-order valence-corrected chi connectivity index (χ0v) is 32.8. The van der Waals surface area contributed by atoms with Gasteiger partial charge in [0, 0.05) is 0 Å². The Morgan fingerprint density at radius 3 is 1.05 bits per heavy atom. The minimum absolute atomic E-state index is 0.00183. The number of hydrogen-bond donors (Lipinski definition) is 0. The van der Waals surface area contributed by atoms with Crippen LogP contribution in [0.4, 0.5) is 26.3 Å². The van der Waals surface area contributed by atoms with E-state index < -0.39 is 125 Å². The van der Waals surface area contributed by atoms with Crippen LogP contribution >= 0.6 is 69.6 Å². The highest BCUT2D eigenvalue weighted by Gasteiger charge is 2.73. The molecule has 300 valence electrons. The van der Waals surface area contributed by atoms with Crippen molar-refractivity contribution in [3.05, 3.63) is 124 Å². The molecule has 6 rings (SSSR count). The van der Waals surface area contributed by atoms with Gasteiger partial charge in [0.05, 0.1) is 52.4 Å². The van der Waals surface area contributed by atoms with Crippen LogP contribution in [0.25, 0.3) is 0 Å². The molecule has 0 saturated heterocycles. The van der Waals surface area contributed by atoms with Crippen molar-refractivity contribution >= 4 is 113 Å². The van der Waals surface area contributed by atoms with E-state index in [1.807, 2.05) is 0 Å². The predicted octanol–water partition coefficient (Wildman–Crippen LogP) is 8.85. The first-order chi connectivity index (χ1) is 26.2. The Morgan fingerprint density at radius 2 is 0.737 bits per heavy atom. The number of carbonyl (C=O) groups is 4. The lowest BCUT2D eigenvalue weighted by molar-refractivity contribution is -0.288. The molecule has 0 spiro atoms. The van der Waals surface area contributed by atoms with E-state index in [2.05, 4.69) is 8.57 Å². The molecule has 0 aromatic heterocycles. The number of hydrogen-bond acceptors (Lipinski definition) is 10. The van der Waals surface area contributed by atoms with Gasteiger partial charge in [-0.15, -0.1) is 18.7 Å². The molecule has 0 N–H and O–H groups in total. The normalized spacial score (nSPS) is 15.2. The minimum Gasteiger partial charge on any atom is -0.266 e. The number of nitrogens with zero attached hydrogens (tertiary/aromatic N) is 2. The molecule has 0 bridgehead atoms. The molecule has 4 amide bonds. The number of amides is 4. The molecular formula is C31H10Cl6F6N2O10S2. The van der Waals surface area contributed by atoms with Crippen LogP contribution in [0.5, 0.6) is 0 Å². The molecule has 0 aliphatic carbocycles. The minimum atomic E-state index is -6.40. The van der Waals surface area contributed by atoms with Crippen LogP contribution in [0, 0.1) is 0 Å². The maximum atomic E-state index is 15.1. The second-order valence-corrected chi connectivity index (χ2v) is 17.0. The molecule has 57 heavy (non-hydrogen) atoms. The number of fused-ring (bicyclic) bond motifs is 2. The van der Waals surface area contributed by atoms with E-state index in [9.17, 15) is 36.0 Å². The van der Waals surface area contributed by atoms with Crippen LogP contribution in [0.3, 0.4) is 0 Å². The number of halogens is 12. The first-order valence-electron chi connectivity index (χ1n) is 14.5. The van der Waals surface area contributed by atoms with E-state index in [0.29, 0.717) is 24.3 Å². The third-order valence-corrected chi connectivity index (χ3v) is 13.0. The first kappa shape index (κ1) is 42.9. The maximum absolute atomic E-state index is 15.1. The smallest absolute Gasteiger partial charge is 0.266 e. The zero-order chi connectivity index (χ0) is 42.5. The van der Waals surface area contributed by atoms with Gasteiger partial charge in [-0.05, 0) is 59.7 Å². The van der Waals surface area contributed by atoms with Crippen molar-refractivity contribution in [1.29, 1.82) is 0 Å². The monoisotopic (exact) mass is 958 g/mol. The molecule has 2 aliphatic heterocycles. The van der Waals surface area contributed by atoms with Gasteiger partial charge in [-0.2, -0.15) is 43.2 Å². The Bertz CT molecular complexity index is 2550. The average molecular weight is 961 g/mol. The standard InChI is InChI=1S/C31H10Cl6F6N2O10S2/c32-17-7-21(36)23(9-19(17)34)56(50,51)54-44-25(46)13-3-1-11(5-15(13)27(44)48)29(30(38,39)40,31(41,42)43)12-2-4-14-16(6-12)28(49)45(26(14)47)55-57(52,53)24-10-20(35)18(33)8-22(24)37/h1-10H. The summed E-state index contributed by atoms with van der Waals surface area (Å²) in [4.78, 5) is 50.8. The summed E-state index contributed by atoms with van der Waals surface area (Å²) in [6.07, 6.45) is -12.8. The number of imide groups is 2. The number of alkyl halides is 6. The summed E-state index contributed by atoms with van der Waals surface area (Å²) in [5, 5.41) is -3.39. The van der Waals surface area contributed by atoms with Gasteiger partial charge in [0.15, 0.2) is 0 Å². The van der Waals surface area contributed by atoms with Crippen LogP contribution in [0.1, 0.15) is 52.6 Å². The molecule has 2 heterocycles. The van der Waals surface area contributed by atoms with Crippen molar-refractivity contribution in [1.82, 2.24) is 10.1 Å². The fraction of sp³-hybridized carbons (Fsp3) is 0.0968. The number of carbonyl (C=O) groups excluding carboxylic acids is 4. The molecule has 0 saturated carbocycles. The fourth-order valence-electron chi connectivity index (χ4n) is 5.69. The largest absolute Gasteiger partial charge is 0.411 e. The number of benzene rings is 4. The van der Waals surface area contributed by atoms with E-state index in [1.54, 1.807) is 0 Å². The Labute approximate surface area is 344 Å². The van der Waals surface area contributed by atoms with Gasteiger partial charge < -0.3 is 0 Å². The van der Waals surface area contributed by atoms with Gasteiger partial charge in [0.25, 0.3) is 23.6 Å². The topological polar surface area (TPSA) is 161 Å². The van der Waals surface area contributed by atoms with Crippen molar-refractivity contribution in [2.24, 2.45) is 0 Å². The number of rotatable bonds is 8. The third-order valence-electron chi connectivity index (χ3n) is 8.25. The Balaban J connectivity index is 1.42. The van der Waals surface area contributed by atoms with Crippen molar-refractivity contribution < 1.29 is 70.9 Å². The van der Waals surface area contributed by atoms with Crippen LogP contribution < -0.4 is 0 Å². The highest BCUT2D eigenvalue weighted by Crippen LogP contribution is 2.57. The Kier molecular flexibility index (Phi) is 10.7. The predicted molar refractivity (Wildman–Crippen MR) is 186 cm³/mol. The van der Waals surface area contributed by atoms with E-state index in [0.717, 1.165) is 12.1 Å². The summed E-state index contributed by atoms with van der Waals surface area (Å²) in [7, 11) is -10.5. The zero-order valence-electron chi connectivity index (χ0n) is 26.6. The Hall–Kier alpha value is -3.70. The van der Waals surface area contributed by atoms with E-state index >= 15 is 26.3 Å². The van der Waals surface area contributed by atoms with Crippen LogP contribution in [-0.4, -0.2) is 62.9 Å². The molecule has 0 unspecified atom stereocenters. The van der Waals surface area contributed by atoms with E-state index in [4.69, 9.17) is 69.6 Å². The SMILES string of the molecule is O=C1c2ccc(C(c3ccc4c(c3)C(=O)N(OS(=O)(=O)c3cc(Cl)c(Cl)cc3Cl)C4=O)(C(F)(F)F)C(F)(F)F)cc2C(=O)N1OS(=O)(=O)c1cc(Cl)c(Cl)cc1Cl. The third kappa shape index (κ3) is 6.92. The van der Waals surface area contributed by atoms with E-state index in [-0.39, 0.29) is 44.4 Å². The quantitative estimate of drug-likeness (QED) is 0.0948. The summed E-state index contributed by atoms with van der Waals surface area (Å²) in [5.41, 5.74) is -12.9. The summed E-state index contributed by atoms with van der Waals surface area (Å²) in [6, 6.07) is 4.08. The molecule has 4 aromatic rings.